The van der Waals surface area contributed by atoms with Crippen molar-refractivity contribution < 1.29 is 23.8 Å². The zero-order valence-electron chi connectivity index (χ0n) is 19.9. The molecule has 0 radical (unpaired) electrons. The molecule has 1 aromatic carbocycles. The summed E-state index contributed by atoms with van der Waals surface area (Å²) in [7, 11) is 3.41. The van der Waals surface area contributed by atoms with Gasteiger partial charge in [-0.1, -0.05) is 5.21 Å². The second-order valence-corrected chi connectivity index (χ2v) is 8.54. The van der Waals surface area contributed by atoms with E-state index in [1.54, 1.807) is 0 Å². The number of methoxy groups -OCH3 is 1. The highest BCUT2D eigenvalue weighted by Gasteiger charge is 2.22. The van der Waals surface area contributed by atoms with Gasteiger partial charge in [0.25, 0.3) is 0 Å². The fourth-order valence-corrected chi connectivity index (χ4v) is 4.01. The van der Waals surface area contributed by atoms with E-state index in [9.17, 15) is 9.59 Å². The average molecular weight is 499 g/mol. The molecular formula is C23H27FN8O4. The van der Waals surface area contributed by atoms with Crippen molar-refractivity contribution in [3.8, 4) is 11.4 Å². The van der Waals surface area contributed by atoms with Gasteiger partial charge in [-0.2, -0.15) is 0 Å². The molecule has 1 fully saturated rings. The molecule has 0 saturated carbocycles. The quantitative estimate of drug-likeness (QED) is 0.399. The van der Waals surface area contributed by atoms with Gasteiger partial charge < -0.3 is 25.4 Å². The number of piperidine rings is 1. The molecule has 1 amide bonds. The first-order chi connectivity index (χ1) is 17.4. The third kappa shape index (κ3) is 5.74. The standard InChI is InChI=1S/C23H27FN8O4/c1-31-9-5-14(6-10-31)12-27-21-22(26-8-7-25-21)28-19(33)11-15-17(3-4-18(36-2)20(15)24)32-13-16(23(34)35)29-30-32/h3-4,7-8,13-14H,5-6,9-12H2,1-2H3,(H,25,27)(H,34,35)(H,26,28,33). The minimum Gasteiger partial charge on any atom is -0.494 e. The number of amides is 1. The first-order valence-corrected chi connectivity index (χ1v) is 11.4. The number of rotatable bonds is 9. The molecule has 3 heterocycles. The van der Waals surface area contributed by atoms with Crippen molar-refractivity contribution in [2.75, 3.05) is 44.4 Å². The summed E-state index contributed by atoms with van der Waals surface area (Å²) in [6.45, 7) is 2.76. The summed E-state index contributed by atoms with van der Waals surface area (Å²) in [6.07, 6.45) is 5.85. The first kappa shape index (κ1) is 25.0. The van der Waals surface area contributed by atoms with E-state index < -0.39 is 24.1 Å². The van der Waals surface area contributed by atoms with Crippen molar-refractivity contribution in [1.82, 2.24) is 29.9 Å². The van der Waals surface area contributed by atoms with E-state index in [1.807, 2.05) is 0 Å². The smallest absolute Gasteiger partial charge is 0.358 e. The fraction of sp³-hybridized carbons (Fsp3) is 0.391. The summed E-state index contributed by atoms with van der Waals surface area (Å²) in [5, 5.41) is 22.4. The van der Waals surface area contributed by atoms with Gasteiger partial charge in [0.05, 0.1) is 25.4 Å². The maximum absolute atomic E-state index is 15.2. The number of hydrogen-bond acceptors (Lipinski definition) is 9. The van der Waals surface area contributed by atoms with E-state index in [4.69, 9.17) is 9.84 Å². The van der Waals surface area contributed by atoms with Gasteiger partial charge in [0.1, 0.15) is 0 Å². The number of carboxylic acid groups (broad SMARTS) is 1. The summed E-state index contributed by atoms with van der Waals surface area (Å²) >= 11 is 0. The molecule has 0 spiro atoms. The lowest BCUT2D eigenvalue weighted by atomic mass is 9.97. The zero-order valence-corrected chi connectivity index (χ0v) is 19.9. The Labute approximate surface area is 206 Å². The third-order valence-corrected chi connectivity index (χ3v) is 6.05. The molecule has 12 nitrogen and oxygen atoms in total. The van der Waals surface area contributed by atoms with E-state index in [-0.39, 0.29) is 28.5 Å². The minimum absolute atomic E-state index is 0.0431. The second-order valence-electron chi connectivity index (χ2n) is 8.54. The highest BCUT2D eigenvalue weighted by atomic mass is 19.1. The lowest BCUT2D eigenvalue weighted by Crippen LogP contribution is -2.33. The number of nitrogens with one attached hydrogen (secondary N) is 2. The number of carbonyl (C=O) groups excluding carboxylic acids is 1. The summed E-state index contributed by atoms with van der Waals surface area (Å²) < 4.78 is 21.3. The Kier molecular flexibility index (Phi) is 7.68. The van der Waals surface area contributed by atoms with Crippen molar-refractivity contribution in [2.24, 2.45) is 5.92 Å². The van der Waals surface area contributed by atoms with E-state index in [0.29, 0.717) is 18.3 Å². The Morgan fingerprint density at radius 2 is 1.92 bits per heavy atom. The van der Waals surface area contributed by atoms with Gasteiger partial charge in [-0.3, -0.25) is 4.79 Å². The van der Waals surface area contributed by atoms with Crippen LogP contribution in [0.4, 0.5) is 16.0 Å². The minimum atomic E-state index is -1.28. The second kappa shape index (κ2) is 11.1. The largest absolute Gasteiger partial charge is 0.494 e. The number of halogens is 1. The van der Waals surface area contributed by atoms with Crippen molar-refractivity contribution in [3.05, 3.63) is 47.8 Å². The van der Waals surface area contributed by atoms with Crippen LogP contribution in [0.2, 0.25) is 0 Å². The number of ether oxygens (including phenoxy) is 1. The molecule has 13 heteroatoms. The van der Waals surface area contributed by atoms with Gasteiger partial charge in [0, 0.05) is 24.5 Å². The Bertz CT molecular complexity index is 1240. The molecule has 2 aromatic heterocycles. The highest BCUT2D eigenvalue weighted by Crippen LogP contribution is 2.27. The predicted octanol–water partition coefficient (Wildman–Crippen LogP) is 1.84. The van der Waals surface area contributed by atoms with Crippen LogP contribution in [0.3, 0.4) is 0 Å². The van der Waals surface area contributed by atoms with Crippen LogP contribution in [0.5, 0.6) is 5.75 Å². The van der Waals surface area contributed by atoms with Crippen molar-refractivity contribution in [3.63, 3.8) is 0 Å². The Morgan fingerprint density at radius 3 is 2.58 bits per heavy atom. The number of aromatic nitrogens is 5. The average Bonchev–Trinajstić information content (AvgIpc) is 3.36. The number of nitrogens with zero attached hydrogens (tertiary/aromatic N) is 6. The van der Waals surface area contributed by atoms with Gasteiger partial charge in [0.15, 0.2) is 28.9 Å². The van der Waals surface area contributed by atoms with Crippen LogP contribution in [0, 0.1) is 11.7 Å². The molecule has 36 heavy (non-hydrogen) atoms. The van der Waals surface area contributed by atoms with Gasteiger partial charge in [0.2, 0.25) is 5.91 Å². The summed E-state index contributed by atoms with van der Waals surface area (Å²) in [5.74, 6) is -1.52. The van der Waals surface area contributed by atoms with Gasteiger partial charge in [-0.25, -0.2) is 23.8 Å². The molecule has 0 unspecified atom stereocenters. The third-order valence-electron chi connectivity index (χ3n) is 6.05. The maximum atomic E-state index is 15.2. The SMILES string of the molecule is COc1ccc(-n2cc(C(=O)O)nn2)c(CC(=O)Nc2nccnc2NCC2CCN(C)CC2)c1F. The van der Waals surface area contributed by atoms with E-state index in [0.717, 1.165) is 36.8 Å². The lowest BCUT2D eigenvalue weighted by Gasteiger charge is -2.29. The molecule has 1 aliphatic rings. The molecule has 3 aromatic rings. The van der Waals surface area contributed by atoms with E-state index >= 15 is 4.39 Å². The number of likely N-dealkylation sites (tertiary alicyclic amines) is 1. The molecule has 190 valence electrons. The monoisotopic (exact) mass is 498 g/mol. The van der Waals surface area contributed by atoms with Crippen molar-refractivity contribution in [2.45, 2.75) is 19.3 Å². The number of carbonyl (C=O) groups is 2. The van der Waals surface area contributed by atoms with E-state index in [1.165, 1.54) is 31.6 Å². The molecular weight excluding hydrogens is 471 g/mol. The summed E-state index contributed by atoms with van der Waals surface area (Å²) in [4.78, 5) is 35.0. The van der Waals surface area contributed by atoms with E-state index in [2.05, 4.69) is 42.9 Å². The number of carboxylic acids is 1. The van der Waals surface area contributed by atoms with Crippen LogP contribution in [-0.2, 0) is 11.2 Å². The van der Waals surface area contributed by atoms with Crippen molar-refractivity contribution >= 4 is 23.5 Å². The Hall–Kier alpha value is -4.13. The van der Waals surface area contributed by atoms with Gasteiger partial charge in [-0.15, -0.1) is 5.10 Å². The lowest BCUT2D eigenvalue weighted by molar-refractivity contribution is -0.115. The Balaban J connectivity index is 1.51. The molecule has 0 aliphatic carbocycles. The van der Waals surface area contributed by atoms with Crippen LogP contribution in [0.1, 0.15) is 28.9 Å². The van der Waals surface area contributed by atoms with Crippen LogP contribution in [0.25, 0.3) is 5.69 Å². The molecule has 4 rings (SSSR count). The number of aromatic carboxylic acids is 1. The molecule has 1 aliphatic heterocycles. The first-order valence-electron chi connectivity index (χ1n) is 11.4. The van der Waals surface area contributed by atoms with Crippen LogP contribution in [-0.4, -0.2) is 80.6 Å². The zero-order chi connectivity index (χ0) is 25.7. The van der Waals surface area contributed by atoms with Gasteiger partial charge >= 0.3 is 5.97 Å². The summed E-state index contributed by atoms with van der Waals surface area (Å²) in [5.41, 5.74) is -0.205. The topological polar surface area (TPSA) is 147 Å². The highest BCUT2D eigenvalue weighted by molar-refractivity contribution is 5.94. The predicted molar refractivity (Wildman–Crippen MR) is 128 cm³/mol. The maximum Gasteiger partial charge on any atom is 0.358 e. The molecule has 1 saturated heterocycles. The van der Waals surface area contributed by atoms with Gasteiger partial charge in [-0.05, 0) is 51.0 Å². The number of benzene rings is 1. The van der Waals surface area contributed by atoms with Crippen LogP contribution < -0.4 is 15.4 Å². The number of anilines is 2. The summed E-state index contributed by atoms with van der Waals surface area (Å²) in [6, 6.07) is 2.84. The Morgan fingerprint density at radius 1 is 1.19 bits per heavy atom. The normalized spacial score (nSPS) is 14.4. The number of hydrogen-bond donors (Lipinski definition) is 3. The fourth-order valence-electron chi connectivity index (χ4n) is 4.01. The molecule has 3 N–H and O–H groups in total. The van der Waals surface area contributed by atoms with Crippen LogP contribution in [0.15, 0.2) is 30.7 Å². The molecule has 0 atom stereocenters. The molecule has 0 bridgehead atoms. The van der Waals surface area contributed by atoms with Crippen LogP contribution >= 0.6 is 0 Å². The van der Waals surface area contributed by atoms with Crippen molar-refractivity contribution in [1.29, 1.82) is 0 Å².